The number of carbonyl (C=O) groups excluding carboxylic acids is 3. The van der Waals surface area contributed by atoms with E-state index in [1.165, 1.54) is 13.2 Å². The lowest BCUT2D eigenvalue weighted by atomic mass is 10.2. The molecule has 1 aliphatic heterocycles. The van der Waals surface area contributed by atoms with Gasteiger partial charge >= 0.3 is 0 Å². The first-order valence-corrected chi connectivity index (χ1v) is 11.0. The van der Waals surface area contributed by atoms with Crippen LogP contribution in [0.5, 0.6) is 5.75 Å². The van der Waals surface area contributed by atoms with E-state index >= 15 is 0 Å². The molecule has 0 unspecified atom stereocenters. The predicted molar refractivity (Wildman–Crippen MR) is 133 cm³/mol. The molecule has 2 N–H and O–H groups in total. The van der Waals surface area contributed by atoms with E-state index in [4.69, 9.17) is 39.5 Å². The molecule has 172 valence electrons. The van der Waals surface area contributed by atoms with E-state index < -0.39 is 11.8 Å². The summed E-state index contributed by atoms with van der Waals surface area (Å²) < 4.78 is 5.10. The molecule has 4 rings (SSSR count). The van der Waals surface area contributed by atoms with Crippen LogP contribution in [0.4, 0.5) is 17.1 Å². The molecule has 0 radical (unpaired) electrons. The van der Waals surface area contributed by atoms with Crippen molar-refractivity contribution in [3.63, 3.8) is 0 Å². The van der Waals surface area contributed by atoms with Crippen molar-refractivity contribution in [1.82, 2.24) is 0 Å². The molecule has 3 aromatic rings. The molecular formula is C24H16Cl3N3O4. The van der Waals surface area contributed by atoms with Gasteiger partial charge < -0.3 is 15.4 Å². The molecule has 0 bridgehead atoms. The number of hydrogen-bond donors (Lipinski definition) is 2. The molecule has 3 amide bonds. The highest BCUT2D eigenvalue weighted by atomic mass is 35.5. The quantitative estimate of drug-likeness (QED) is 0.411. The summed E-state index contributed by atoms with van der Waals surface area (Å²) in [6.45, 7) is 0. The summed E-state index contributed by atoms with van der Waals surface area (Å²) in [4.78, 5) is 39.0. The summed E-state index contributed by atoms with van der Waals surface area (Å²) in [5, 5.41) is 6.10. The summed E-state index contributed by atoms with van der Waals surface area (Å²) in [7, 11) is 1.52. The molecule has 0 spiro atoms. The number of rotatable bonds is 6. The summed E-state index contributed by atoms with van der Waals surface area (Å²) in [6.07, 6.45) is 0. The van der Waals surface area contributed by atoms with Gasteiger partial charge in [-0.3, -0.25) is 14.4 Å². The van der Waals surface area contributed by atoms with E-state index in [1.54, 1.807) is 60.7 Å². The minimum absolute atomic E-state index is 0.0624. The van der Waals surface area contributed by atoms with Crippen LogP contribution >= 0.6 is 34.8 Å². The van der Waals surface area contributed by atoms with Gasteiger partial charge in [0.1, 0.15) is 16.5 Å². The van der Waals surface area contributed by atoms with Gasteiger partial charge in [-0.2, -0.15) is 0 Å². The van der Waals surface area contributed by atoms with Gasteiger partial charge in [0.2, 0.25) is 0 Å². The number of nitrogens with zero attached hydrogens (tertiary/aromatic N) is 1. The Morgan fingerprint density at radius 2 is 1.56 bits per heavy atom. The first-order chi connectivity index (χ1) is 16.3. The van der Waals surface area contributed by atoms with Gasteiger partial charge in [0.25, 0.3) is 17.7 Å². The minimum atomic E-state index is -0.643. The fourth-order valence-electron chi connectivity index (χ4n) is 3.21. The lowest BCUT2D eigenvalue weighted by Gasteiger charge is -2.15. The molecule has 0 aromatic heterocycles. The zero-order valence-corrected chi connectivity index (χ0v) is 19.8. The molecule has 0 fully saturated rings. The Bertz CT molecular complexity index is 1320. The third-order valence-electron chi connectivity index (χ3n) is 4.95. The first kappa shape index (κ1) is 23.6. The maximum absolute atomic E-state index is 12.9. The topological polar surface area (TPSA) is 87.7 Å². The summed E-state index contributed by atoms with van der Waals surface area (Å²) in [6, 6.07) is 17.5. The SMILES string of the molecule is COc1ccc(N2C(=O)C(Cl)=C(Nc3ccc(C(=O)Nc4ccc(Cl)cc4Cl)cc3)C2=O)cc1. The van der Waals surface area contributed by atoms with Crippen molar-refractivity contribution >= 4 is 69.6 Å². The number of imide groups is 1. The molecule has 10 heteroatoms. The fraction of sp³-hybridized carbons (Fsp3) is 0.0417. The summed E-state index contributed by atoms with van der Waals surface area (Å²) >= 11 is 18.1. The van der Waals surface area contributed by atoms with Gasteiger partial charge in [0.05, 0.1) is 23.5 Å². The van der Waals surface area contributed by atoms with Crippen LogP contribution in [-0.2, 0) is 9.59 Å². The maximum Gasteiger partial charge on any atom is 0.283 e. The second-order valence-electron chi connectivity index (χ2n) is 7.11. The van der Waals surface area contributed by atoms with E-state index in [9.17, 15) is 14.4 Å². The lowest BCUT2D eigenvalue weighted by molar-refractivity contribution is -0.120. The molecule has 34 heavy (non-hydrogen) atoms. The van der Waals surface area contributed by atoms with Crippen molar-refractivity contribution in [2.75, 3.05) is 22.6 Å². The second kappa shape index (κ2) is 9.77. The number of amides is 3. The van der Waals surface area contributed by atoms with E-state index in [2.05, 4.69) is 10.6 Å². The molecule has 7 nitrogen and oxygen atoms in total. The number of anilines is 3. The minimum Gasteiger partial charge on any atom is -0.497 e. The van der Waals surface area contributed by atoms with Crippen molar-refractivity contribution < 1.29 is 19.1 Å². The van der Waals surface area contributed by atoms with Gasteiger partial charge in [-0.1, -0.05) is 34.8 Å². The Balaban J connectivity index is 1.47. The van der Waals surface area contributed by atoms with Crippen LogP contribution in [0.25, 0.3) is 0 Å². The van der Waals surface area contributed by atoms with Crippen molar-refractivity contribution in [3.8, 4) is 5.75 Å². The number of halogens is 3. The number of nitrogens with one attached hydrogen (secondary N) is 2. The Morgan fingerprint density at radius 3 is 2.18 bits per heavy atom. The van der Waals surface area contributed by atoms with Gasteiger partial charge in [0, 0.05) is 16.3 Å². The number of carbonyl (C=O) groups is 3. The van der Waals surface area contributed by atoms with Crippen LogP contribution in [0.1, 0.15) is 10.4 Å². The Kier molecular flexibility index (Phi) is 6.79. The molecule has 3 aromatic carbocycles. The molecule has 0 saturated heterocycles. The smallest absolute Gasteiger partial charge is 0.283 e. The summed E-state index contributed by atoms with van der Waals surface area (Å²) in [5.74, 6) is -1.04. The third kappa shape index (κ3) is 4.72. The fourth-order valence-corrected chi connectivity index (χ4v) is 3.88. The van der Waals surface area contributed by atoms with E-state index in [0.29, 0.717) is 38.4 Å². The van der Waals surface area contributed by atoms with Crippen molar-refractivity contribution in [2.24, 2.45) is 0 Å². The van der Waals surface area contributed by atoms with E-state index in [1.807, 2.05) is 0 Å². The number of benzene rings is 3. The zero-order chi connectivity index (χ0) is 24.4. The van der Waals surface area contributed by atoms with Crippen LogP contribution in [-0.4, -0.2) is 24.8 Å². The van der Waals surface area contributed by atoms with Gasteiger partial charge in [-0.15, -0.1) is 0 Å². The Labute approximate surface area is 209 Å². The van der Waals surface area contributed by atoms with Gasteiger partial charge in [0.15, 0.2) is 0 Å². The number of methoxy groups -OCH3 is 1. The lowest BCUT2D eigenvalue weighted by Crippen LogP contribution is -2.32. The highest BCUT2D eigenvalue weighted by Crippen LogP contribution is 2.31. The largest absolute Gasteiger partial charge is 0.497 e. The molecular weight excluding hydrogens is 501 g/mol. The number of hydrogen-bond acceptors (Lipinski definition) is 5. The van der Waals surface area contributed by atoms with Crippen LogP contribution in [0.3, 0.4) is 0 Å². The van der Waals surface area contributed by atoms with Crippen LogP contribution < -0.4 is 20.3 Å². The highest BCUT2D eigenvalue weighted by Gasteiger charge is 2.39. The molecule has 1 aliphatic rings. The molecule has 1 heterocycles. The average molecular weight is 517 g/mol. The third-order valence-corrected chi connectivity index (χ3v) is 5.85. The molecule has 0 saturated carbocycles. The normalized spacial score (nSPS) is 13.4. The van der Waals surface area contributed by atoms with Crippen molar-refractivity contribution in [3.05, 3.63) is 93.1 Å². The second-order valence-corrected chi connectivity index (χ2v) is 8.33. The Hall–Kier alpha value is -3.52. The number of ether oxygens (including phenoxy) is 1. The van der Waals surface area contributed by atoms with Crippen LogP contribution in [0.2, 0.25) is 10.0 Å². The Morgan fingerprint density at radius 1 is 0.882 bits per heavy atom. The monoisotopic (exact) mass is 515 g/mol. The standard InChI is InChI=1S/C24H16Cl3N3O4/c1-34-17-9-7-16(8-10-17)30-23(32)20(27)21(24(30)33)28-15-5-2-13(3-6-15)22(31)29-19-11-4-14(25)12-18(19)26/h2-12,28H,1H3,(H,29,31). The maximum atomic E-state index is 12.9. The zero-order valence-electron chi connectivity index (χ0n) is 17.6. The van der Waals surface area contributed by atoms with Crippen LogP contribution in [0.15, 0.2) is 77.5 Å². The predicted octanol–water partition coefficient (Wildman–Crippen LogP) is 5.69. The highest BCUT2D eigenvalue weighted by molar-refractivity contribution is 6.53. The van der Waals surface area contributed by atoms with Gasteiger partial charge in [-0.05, 0) is 66.7 Å². The average Bonchev–Trinajstić information content (AvgIpc) is 3.04. The molecule has 0 atom stereocenters. The van der Waals surface area contributed by atoms with Crippen molar-refractivity contribution in [1.29, 1.82) is 0 Å². The van der Waals surface area contributed by atoms with Crippen molar-refractivity contribution in [2.45, 2.75) is 0 Å². The first-order valence-electron chi connectivity index (χ1n) is 9.84. The van der Waals surface area contributed by atoms with Crippen LogP contribution in [0, 0.1) is 0 Å². The van der Waals surface area contributed by atoms with E-state index in [-0.39, 0.29) is 16.6 Å². The summed E-state index contributed by atoms with van der Waals surface area (Å²) in [5.41, 5.74) is 1.53. The molecule has 0 aliphatic carbocycles. The van der Waals surface area contributed by atoms with Gasteiger partial charge in [-0.25, -0.2) is 4.90 Å². The van der Waals surface area contributed by atoms with E-state index in [0.717, 1.165) is 4.90 Å².